The van der Waals surface area contributed by atoms with Gasteiger partial charge in [-0.25, -0.2) is 14.4 Å². The Labute approximate surface area is 299 Å². The number of aromatic nitrogens is 3. The number of rotatable bonds is 29. The quantitative estimate of drug-likeness (QED) is 0.0342. The van der Waals surface area contributed by atoms with Gasteiger partial charge in [0, 0.05) is 45.0 Å². The molecule has 4 amide bonds. The molecule has 0 saturated heterocycles. The van der Waals surface area contributed by atoms with Crippen molar-refractivity contribution in [2.24, 2.45) is 5.73 Å². The highest BCUT2D eigenvalue weighted by Gasteiger charge is 2.24. The number of carbonyl (C=O) groups is 7. The molecular weight excluding hydrogens is 692 g/mol. The Balaban J connectivity index is 2.19. The van der Waals surface area contributed by atoms with Crippen molar-refractivity contribution < 1.29 is 64.2 Å². The van der Waals surface area contributed by atoms with Gasteiger partial charge < -0.3 is 57.6 Å². The molecule has 0 aliphatic rings. The highest BCUT2D eigenvalue weighted by Crippen LogP contribution is 2.09. The van der Waals surface area contributed by atoms with Crippen LogP contribution in [0.25, 0.3) is 0 Å². The van der Waals surface area contributed by atoms with Gasteiger partial charge in [-0.1, -0.05) is 18.1 Å². The number of urea groups is 1. The molecule has 1 heterocycles. The number of hydrogen-bond donors (Lipinski definition) is 11. The van der Waals surface area contributed by atoms with Crippen LogP contribution in [-0.2, 0) is 41.7 Å². The van der Waals surface area contributed by atoms with E-state index in [9.17, 15) is 48.9 Å². The topological polar surface area (TPSA) is 346 Å². The number of unbranched alkanes of at least 4 members (excludes halogenated alkanes) is 5. The Morgan fingerprint density at radius 1 is 0.692 bits per heavy atom. The summed E-state index contributed by atoms with van der Waals surface area (Å²) in [5.74, 6) is -5.52. The maximum atomic E-state index is 12.3. The van der Waals surface area contributed by atoms with Gasteiger partial charge in [-0.2, -0.15) is 0 Å². The molecule has 0 aromatic carbocycles. The second-order valence-electron chi connectivity index (χ2n) is 12.3. The lowest BCUT2D eigenvalue weighted by atomic mass is 10.1. The Kier molecular flexibility index (Phi) is 21.8. The third-order valence-electron chi connectivity index (χ3n) is 7.84. The fourth-order valence-electron chi connectivity index (χ4n) is 4.92. The molecule has 0 aliphatic heterocycles. The van der Waals surface area contributed by atoms with E-state index in [-0.39, 0.29) is 50.3 Å². The van der Waals surface area contributed by atoms with Crippen LogP contribution in [0.4, 0.5) is 4.79 Å². The minimum atomic E-state index is -1.94. The van der Waals surface area contributed by atoms with E-state index < -0.39 is 66.8 Å². The molecule has 1 aromatic heterocycles. The maximum Gasteiger partial charge on any atom is 0.326 e. The van der Waals surface area contributed by atoms with Crippen molar-refractivity contribution in [1.29, 1.82) is 0 Å². The number of carboxylic acids is 4. The molecule has 1 rings (SSSR count). The van der Waals surface area contributed by atoms with Gasteiger partial charge in [-0.15, -0.1) is 5.10 Å². The molecule has 0 bridgehead atoms. The van der Waals surface area contributed by atoms with Crippen LogP contribution in [0.3, 0.4) is 0 Å². The first-order valence-electron chi connectivity index (χ1n) is 17.1. The number of aliphatic hydroxyl groups excluding tert-OH is 1. The van der Waals surface area contributed by atoms with Crippen LogP contribution in [0.1, 0.15) is 95.6 Å². The zero-order chi connectivity index (χ0) is 39.1. The minimum Gasteiger partial charge on any atom is -0.481 e. The maximum absolute atomic E-state index is 12.3. The number of nitrogens with two attached hydrogens (primary N) is 1. The Hall–Kier alpha value is -4.89. The van der Waals surface area contributed by atoms with Crippen LogP contribution in [0.5, 0.6) is 0 Å². The molecule has 21 heteroatoms. The molecule has 0 fully saturated rings. The number of aryl methyl sites for hydroxylation is 1. The average molecular weight is 745 g/mol. The van der Waals surface area contributed by atoms with Crippen molar-refractivity contribution in [3.05, 3.63) is 11.9 Å². The molecule has 12 N–H and O–H groups in total. The lowest BCUT2D eigenvalue weighted by Crippen LogP contribution is -2.52. The molecule has 52 heavy (non-hydrogen) atoms. The summed E-state index contributed by atoms with van der Waals surface area (Å²) >= 11 is 0. The summed E-state index contributed by atoms with van der Waals surface area (Å²) in [6.45, 7) is 0.730. The lowest BCUT2D eigenvalue weighted by molar-refractivity contribution is -0.142. The van der Waals surface area contributed by atoms with Crippen molar-refractivity contribution in [3.8, 4) is 0 Å². The molecule has 21 nitrogen and oxygen atoms in total. The summed E-state index contributed by atoms with van der Waals surface area (Å²) in [5, 5.41) is 72.8. The van der Waals surface area contributed by atoms with Gasteiger partial charge in [-0.05, 0) is 57.8 Å². The van der Waals surface area contributed by atoms with E-state index in [2.05, 4.69) is 31.6 Å². The van der Waals surface area contributed by atoms with Gasteiger partial charge in [0.15, 0.2) is 6.29 Å². The number of aliphatic carboxylic acids is 4. The smallest absolute Gasteiger partial charge is 0.326 e. The average Bonchev–Trinajstić information content (AvgIpc) is 3.51. The van der Waals surface area contributed by atoms with Crippen LogP contribution >= 0.6 is 0 Å². The molecule has 0 aliphatic carbocycles. The van der Waals surface area contributed by atoms with Gasteiger partial charge in [0.25, 0.3) is 0 Å². The molecular formula is C31H52N8O13. The monoisotopic (exact) mass is 744 g/mol. The van der Waals surface area contributed by atoms with Gasteiger partial charge in [0.05, 0.1) is 11.7 Å². The first-order chi connectivity index (χ1) is 24.6. The third kappa shape index (κ3) is 20.7. The first kappa shape index (κ1) is 45.1. The zero-order valence-electron chi connectivity index (χ0n) is 28.9. The summed E-state index contributed by atoms with van der Waals surface area (Å²) in [6.07, 6.45) is 3.87. The number of aliphatic hydroxyl groups is 2. The fraction of sp³-hybridized carbons (Fsp3) is 0.710. The highest BCUT2D eigenvalue weighted by molar-refractivity contribution is 5.84. The van der Waals surface area contributed by atoms with Crippen molar-refractivity contribution in [3.63, 3.8) is 0 Å². The predicted molar refractivity (Wildman–Crippen MR) is 179 cm³/mol. The van der Waals surface area contributed by atoms with E-state index in [0.717, 1.165) is 0 Å². The normalized spacial score (nSPS) is 13.4. The summed E-state index contributed by atoms with van der Waals surface area (Å²) < 4.78 is 1.52. The second-order valence-corrected chi connectivity index (χ2v) is 12.3. The van der Waals surface area contributed by atoms with Crippen LogP contribution < -0.4 is 27.0 Å². The Bertz CT molecular complexity index is 1310. The Morgan fingerprint density at radius 2 is 1.31 bits per heavy atom. The van der Waals surface area contributed by atoms with Crippen LogP contribution in [0, 0.1) is 0 Å². The summed E-state index contributed by atoms with van der Waals surface area (Å²) in [6, 6.07) is -5.73. The predicted octanol–water partition coefficient (Wildman–Crippen LogP) is -1.10. The molecule has 0 saturated carbocycles. The number of carboxylic acid groups (broad SMARTS) is 4. The fourth-order valence-corrected chi connectivity index (χ4v) is 4.92. The molecule has 1 aromatic rings. The summed E-state index contributed by atoms with van der Waals surface area (Å²) in [7, 11) is 0. The molecule has 0 spiro atoms. The van der Waals surface area contributed by atoms with Crippen LogP contribution in [0.2, 0.25) is 0 Å². The van der Waals surface area contributed by atoms with Crippen molar-refractivity contribution in [2.45, 2.75) is 133 Å². The SMILES string of the molecule is NC(Cc1cn(CCCCC(NC(=O)CCCCCCC(=O)NCCCCC(NC(=O)NC(CCC(=O)O)C(=O)O)C(O)O)C(=O)O)nn1)C(=O)O. The minimum absolute atomic E-state index is 0.0366. The lowest BCUT2D eigenvalue weighted by Gasteiger charge is -2.22. The summed E-state index contributed by atoms with van der Waals surface area (Å²) in [5.41, 5.74) is 5.93. The van der Waals surface area contributed by atoms with E-state index in [4.69, 9.17) is 21.1 Å². The van der Waals surface area contributed by atoms with Crippen LogP contribution in [-0.4, -0.2) is 124 Å². The molecule has 4 atom stereocenters. The number of nitrogens with zero attached hydrogens (tertiary/aromatic N) is 3. The van der Waals surface area contributed by atoms with E-state index in [0.29, 0.717) is 70.2 Å². The van der Waals surface area contributed by atoms with E-state index in [1.165, 1.54) is 4.68 Å². The van der Waals surface area contributed by atoms with Gasteiger partial charge >= 0.3 is 29.9 Å². The standard InChI is InChI=1S/C31H52N8O13/c32-20(27(44)45)17-19-18-39(38-37-19)16-8-6-10-21(28(46)47)34-25(41)12-4-2-1-3-11-24(40)33-15-7-5-9-22(29(48)49)35-31(52)36-23(30(50)51)13-14-26(42)43/h18,20-23,29,48-49H,1-17,32H2,(H,33,40)(H,34,41)(H,42,43)(H,44,45)(H,46,47)(H,50,51)(H2,35,36,52). The van der Waals surface area contributed by atoms with E-state index in [1.807, 2.05) is 0 Å². The molecule has 294 valence electrons. The first-order valence-corrected chi connectivity index (χ1v) is 17.1. The second kappa shape index (κ2) is 25.1. The van der Waals surface area contributed by atoms with Crippen molar-refractivity contribution >= 4 is 41.7 Å². The van der Waals surface area contributed by atoms with Crippen LogP contribution in [0.15, 0.2) is 6.20 Å². The number of nitrogens with one attached hydrogen (secondary N) is 4. The van der Waals surface area contributed by atoms with Gasteiger partial charge in [0.1, 0.15) is 18.1 Å². The number of carbonyl (C=O) groups excluding carboxylic acids is 3. The highest BCUT2D eigenvalue weighted by atomic mass is 16.5. The van der Waals surface area contributed by atoms with E-state index >= 15 is 0 Å². The largest absolute Gasteiger partial charge is 0.481 e. The van der Waals surface area contributed by atoms with E-state index in [1.54, 1.807) is 6.20 Å². The third-order valence-corrected chi connectivity index (χ3v) is 7.84. The number of hydrogen-bond acceptors (Lipinski definition) is 12. The number of amides is 4. The van der Waals surface area contributed by atoms with Gasteiger partial charge in [-0.3, -0.25) is 23.9 Å². The Morgan fingerprint density at radius 3 is 1.90 bits per heavy atom. The molecule has 4 unspecified atom stereocenters. The summed E-state index contributed by atoms with van der Waals surface area (Å²) in [4.78, 5) is 80.9. The van der Waals surface area contributed by atoms with Crippen molar-refractivity contribution in [2.75, 3.05) is 6.54 Å². The van der Waals surface area contributed by atoms with Crippen molar-refractivity contribution in [1.82, 2.24) is 36.3 Å². The molecule has 0 radical (unpaired) electrons. The van der Waals surface area contributed by atoms with Gasteiger partial charge in [0.2, 0.25) is 11.8 Å². The zero-order valence-corrected chi connectivity index (χ0v) is 28.9.